The molecule has 1 aliphatic rings. The van der Waals surface area contributed by atoms with Gasteiger partial charge in [-0.15, -0.1) is 0 Å². The molecule has 0 spiro atoms. The van der Waals surface area contributed by atoms with Gasteiger partial charge in [-0.05, 0) is 66.1 Å². The quantitative estimate of drug-likeness (QED) is 0.363. The van der Waals surface area contributed by atoms with Crippen LogP contribution < -0.4 is 0 Å². The summed E-state index contributed by atoms with van der Waals surface area (Å²) in [4.78, 5) is 0. The zero-order valence-corrected chi connectivity index (χ0v) is 17.8. The van der Waals surface area contributed by atoms with E-state index in [4.69, 9.17) is 0 Å². The highest BCUT2D eigenvalue weighted by Gasteiger charge is 2.57. The lowest BCUT2D eigenvalue weighted by Gasteiger charge is -2.27. The predicted molar refractivity (Wildman–Crippen MR) is 106 cm³/mol. The van der Waals surface area contributed by atoms with Crippen molar-refractivity contribution in [2.75, 3.05) is 0 Å². The highest BCUT2D eigenvalue weighted by molar-refractivity contribution is 5.05. The van der Waals surface area contributed by atoms with Crippen molar-refractivity contribution in [2.45, 2.75) is 101 Å². The molecule has 1 rings (SSSR count). The molecule has 0 radical (unpaired) electrons. The lowest BCUT2D eigenvalue weighted by atomic mass is 9.78. The van der Waals surface area contributed by atoms with Crippen LogP contribution >= 0.6 is 0 Å². The van der Waals surface area contributed by atoms with Crippen LogP contribution in [0.2, 0.25) is 0 Å². The summed E-state index contributed by atoms with van der Waals surface area (Å²) < 4.78 is 0. The van der Waals surface area contributed by atoms with Crippen molar-refractivity contribution in [1.82, 2.24) is 0 Å². The molecule has 1 saturated carbocycles. The summed E-state index contributed by atoms with van der Waals surface area (Å²) in [5.41, 5.74) is 0.627. The van der Waals surface area contributed by atoms with Gasteiger partial charge in [-0.3, -0.25) is 0 Å². The van der Waals surface area contributed by atoms with Gasteiger partial charge in [0.1, 0.15) is 0 Å². The Hall–Kier alpha value is 0. The second-order valence-electron chi connectivity index (χ2n) is 10.0. The fraction of sp³-hybridized carbons (Fsp3) is 1.00. The summed E-state index contributed by atoms with van der Waals surface area (Å²) in [5, 5.41) is 0. The minimum Gasteiger partial charge on any atom is -0.0651 e. The van der Waals surface area contributed by atoms with Crippen molar-refractivity contribution in [1.29, 1.82) is 0 Å². The van der Waals surface area contributed by atoms with Crippen LogP contribution in [0.25, 0.3) is 0 Å². The lowest BCUT2D eigenvalue weighted by molar-refractivity contribution is 0.232. The molecule has 0 N–H and O–H groups in total. The largest absolute Gasteiger partial charge is 0.0651 e. The van der Waals surface area contributed by atoms with Gasteiger partial charge >= 0.3 is 0 Å². The smallest absolute Gasteiger partial charge is 0.0243 e. The van der Waals surface area contributed by atoms with E-state index < -0.39 is 0 Å². The maximum atomic E-state index is 2.53. The van der Waals surface area contributed by atoms with Crippen molar-refractivity contribution >= 4 is 0 Å². The average molecular weight is 323 g/mol. The van der Waals surface area contributed by atoms with E-state index in [9.17, 15) is 0 Å². The molecule has 1 fully saturated rings. The SMILES string of the molecule is CCC(CCC(C)CC(C)C)CC(C)CC(C)C1(C)C(C)C1C. The van der Waals surface area contributed by atoms with Crippen LogP contribution in [0.1, 0.15) is 101 Å². The maximum absolute atomic E-state index is 2.53. The first-order chi connectivity index (χ1) is 10.6. The van der Waals surface area contributed by atoms with Gasteiger partial charge in [0.15, 0.2) is 0 Å². The molecule has 0 amide bonds. The van der Waals surface area contributed by atoms with Gasteiger partial charge in [0.2, 0.25) is 0 Å². The number of rotatable bonds is 11. The zero-order valence-electron chi connectivity index (χ0n) is 17.8. The van der Waals surface area contributed by atoms with E-state index in [1.165, 1.54) is 38.5 Å². The van der Waals surface area contributed by atoms with Crippen LogP contribution in [0.3, 0.4) is 0 Å². The molecule has 0 bridgehead atoms. The Morgan fingerprint density at radius 1 is 0.783 bits per heavy atom. The Bertz CT molecular complexity index is 321. The first kappa shape index (κ1) is 21.0. The van der Waals surface area contributed by atoms with Crippen molar-refractivity contribution < 1.29 is 0 Å². The Morgan fingerprint density at radius 3 is 1.78 bits per heavy atom. The Labute approximate surface area is 148 Å². The summed E-state index contributed by atoms with van der Waals surface area (Å²) in [5.74, 6) is 6.37. The second-order valence-corrected chi connectivity index (χ2v) is 10.0. The van der Waals surface area contributed by atoms with Crippen LogP contribution in [0.15, 0.2) is 0 Å². The van der Waals surface area contributed by atoms with Crippen molar-refractivity contribution in [3.05, 3.63) is 0 Å². The van der Waals surface area contributed by atoms with Crippen molar-refractivity contribution in [3.63, 3.8) is 0 Å². The Kier molecular flexibility index (Phi) is 8.15. The molecule has 0 heterocycles. The second kappa shape index (κ2) is 8.91. The van der Waals surface area contributed by atoms with E-state index in [1.807, 2.05) is 0 Å². The molecule has 6 unspecified atom stereocenters. The van der Waals surface area contributed by atoms with Crippen molar-refractivity contribution in [3.8, 4) is 0 Å². The van der Waals surface area contributed by atoms with E-state index in [1.54, 1.807) is 0 Å². The Morgan fingerprint density at radius 2 is 1.35 bits per heavy atom. The van der Waals surface area contributed by atoms with Gasteiger partial charge in [0.05, 0.1) is 0 Å². The third-order valence-electron chi connectivity index (χ3n) is 7.68. The van der Waals surface area contributed by atoms with Gasteiger partial charge in [-0.25, -0.2) is 0 Å². The van der Waals surface area contributed by atoms with E-state index >= 15 is 0 Å². The van der Waals surface area contributed by atoms with E-state index in [0.717, 1.165) is 41.4 Å². The molecule has 0 aromatic carbocycles. The first-order valence-electron chi connectivity index (χ1n) is 10.6. The maximum Gasteiger partial charge on any atom is -0.0243 e. The average Bonchev–Trinajstić information content (AvgIpc) is 2.95. The normalized spacial score (nSPS) is 32.6. The first-order valence-corrected chi connectivity index (χ1v) is 10.6. The molecule has 0 saturated heterocycles. The van der Waals surface area contributed by atoms with Crippen LogP contribution in [-0.4, -0.2) is 0 Å². The molecule has 0 aromatic heterocycles. The van der Waals surface area contributed by atoms with E-state index in [-0.39, 0.29) is 0 Å². The molecular weight excluding hydrogens is 276 g/mol. The number of hydrogen-bond donors (Lipinski definition) is 0. The molecule has 138 valence electrons. The molecule has 0 heteroatoms. The van der Waals surface area contributed by atoms with E-state index in [2.05, 4.69) is 62.3 Å². The molecule has 1 aliphatic carbocycles. The lowest BCUT2D eigenvalue weighted by Crippen LogP contribution is -2.17. The van der Waals surface area contributed by atoms with E-state index in [0.29, 0.717) is 5.41 Å². The van der Waals surface area contributed by atoms with Crippen molar-refractivity contribution in [2.24, 2.45) is 46.8 Å². The standard InChI is InChI=1S/C23H46/c1-10-22(12-11-17(4)13-16(2)3)15-18(5)14-19(6)23(9)20(7)21(23)8/h16-22H,10-15H2,1-9H3. The van der Waals surface area contributed by atoms with Crippen LogP contribution in [-0.2, 0) is 0 Å². The topological polar surface area (TPSA) is 0 Å². The monoisotopic (exact) mass is 322 g/mol. The summed E-state index contributed by atoms with van der Waals surface area (Å²) in [6.07, 6.45) is 8.55. The van der Waals surface area contributed by atoms with Crippen LogP contribution in [0.5, 0.6) is 0 Å². The summed E-state index contributed by atoms with van der Waals surface area (Å²) in [6.45, 7) is 22.0. The van der Waals surface area contributed by atoms with Crippen LogP contribution in [0.4, 0.5) is 0 Å². The molecule has 6 atom stereocenters. The predicted octanol–water partition coefficient (Wildman–Crippen LogP) is 7.82. The minimum absolute atomic E-state index is 0.627. The molecule has 23 heavy (non-hydrogen) atoms. The summed E-state index contributed by atoms with van der Waals surface area (Å²) in [6, 6.07) is 0. The zero-order chi connectivity index (χ0) is 17.8. The van der Waals surface area contributed by atoms with Crippen LogP contribution in [0, 0.1) is 46.8 Å². The summed E-state index contributed by atoms with van der Waals surface area (Å²) >= 11 is 0. The molecule has 0 aliphatic heterocycles. The van der Waals surface area contributed by atoms with Gasteiger partial charge in [-0.1, -0.05) is 81.6 Å². The van der Waals surface area contributed by atoms with Gasteiger partial charge in [0, 0.05) is 0 Å². The summed E-state index contributed by atoms with van der Waals surface area (Å²) in [7, 11) is 0. The number of hydrogen-bond acceptors (Lipinski definition) is 0. The Balaban J connectivity index is 2.34. The fourth-order valence-corrected chi connectivity index (χ4v) is 5.37. The molecule has 0 aromatic rings. The third-order valence-corrected chi connectivity index (χ3v) is 7.68. The minimum atomic E-state index is 0.627. The molecule has 0 nitrogen and oxygen atoms in total. The fourth-order valence-electron chi connectivity index (χ4n) is 5.37. The van der Waals surface area contributed by atoms with Gasteiger partial charge < -0.3 is 0 Å². The van der Waals surface area contributed by atoms with Gasteiger partial charge in [-0.2, -0.15) is 0 Å². The highest BCUT2D eigenvalue weighted by atomic mass is 14.6. The third kappa shape index (κ3) is 5.79. The highest BCUT2D eigenvalue weighted by Crippen LogP contribution is 2.63. The van der Waals surface area contributed by atoms with Gasteiger partial charge in [0.25, 0.3) is 0 Å². The molecular formula is C23H46.